The summed E-state index contributed by atoms with van der Waals surface area (Å²) in [4.78, 5) is 21.1. The zero-order chi connectivity index (χ0) is 16.9. The van der Waals surface area contributed by atoms with E-state index in [9.17, 15) is 4.79 Å². The van der Waals surface area contributed by atoms with Crippen LogP contribution in [-0.4, -0.2) is 23.0 Å². The van der Waals surface area contributed by atoms with E-state index < -0.39 is 0 Å². The number of carbonyl (C=O) groups is 1. The minimum absolute atomic E-state index is 0.232. The highest BCUT2D eigenvalue weighted by molar-refractivity contribution is 9.10. The molecule has 0 saturated heterocycles. The smallest absolute Gasteiger partial charge is 0.252 e. The predicted octanol–water partition coefficient (Wildman–Crippen LogP) is 3.44. The average molecular weight is 388 g/mol. The maximum absolute atomic E-state index is 12.4. The SMILES string of the molecule is COc1ccc(Br)c(C(=O)NCc2nccnc2-c2ccoc2)c1. The second-order valence-electron chi connectivity index (χ2n) is 4.89. The third kappa shape index (κ3) is 3.46. The van der Waals surface area contributed by atoms with Gasteiger partial charge < -0.3 is 14.5 Å². The van der Waals surface area contributed by atoms with Crippen LogP contribution in [0.25, 0.3) is 11.3 Å². The standard InChI is InChI=1S/C17H14BrN3O3/c1-23-12-2-3-14(18)13(8-12)17(22)21-9-15-16(20-6-5-19-15)11-4-7-24-10-11/h2-8,10H,9H2,1H3,(H,21,22). The van der Waals surface area contributed by atoms with Crippen molar-refractivity contribution in [2.75, 3.05) is 7.11 Å². The molecule has 0 bridgehead atoms. The van der Waals surface area contributed by atoms with Crippen molar-refractivity contribution in [2.45, 2.75) is 6.54 Å². The van der Waals surface area contributed by atoms with Gasteiger partial charge in [0.1, 0.15) is 5.75 Å². The molecule has 7 heteroatoms. The average Bonchev–Trinajstić information content (AvgIpc) is 3.15. The van der Waals surface area contributed by atoms with Crippen LogP contribution in [0.2, 0.25) is 0 Å². The molecule has 0 atom stereocenters. The zero-order valence-electron chi connectivity index (χ0n) is 12.8. The number of hydrogen-bond acceptors (Lipinski definition) is 5. The second kappa shape index (κ2) is 7.27. The Morgan fingerprint density at radius 2 is 2.12 bits per heavy atom. The van der Waals surface area contributed by atoms with Gasteiger partial charge >= 0.3 is 0 Å². The molecule has 24 heavy (non-hydrogen) atoms. The number of amides is 1. The number of hydrogen-bond donors (Lipinski definition) is 1. The number of rotatable bonds is 5. The molecule has 122 valence electrons. The molecule has 2 heterocycles. The quantitative estimate of drug-likeness (QED) is 0.725. The van der Waals surface area contributed by atoms with Gasteiger partial charge in [-0.3, -0.25) is 14.8 Å². The lowest BCUT2D eigenvalue weighted by Gasteiger charge is -2.10. The van der Waals surface area contributed by atoms with E-state index in [1.54, 1.807) is 56.3 Å². The van der Waals surface area contributed by atoms with Gasteiger partial charge in [0.15, 0.2) is 0 Å². The van der Waals surface area contributed by atoms with Crippen molar-refractivity contribution in [1.82, 2.24) is 15.3 Å². The van der Waals surface area contributed by atoms with Gasteiger partial charge in [-0.2, -0.15) is 0 Å². The number of nitrogens with one attached hydrogen (secondary N) is 1. The molecule has 0 aliphatic heterocycles. The topological polar surface area (TPSA) is 77.2 Å². The maximum atomic E-state index is 12.4. The summed E-state index contributed by atoms with van der Waals surface area (Å²) in [6.45, 7) is 0.247. The van der Waals surface area contributed by atoms with Crippen molar-refractivity contribution in [1.29, 1.82) is 0 Å². The van der Waals surface area contributed by atoms with Crippen LogP contribution >= 0.6 is 15.9 Å². The number of benzene rings is 1. The van der Waals surface area contributed by atoms with Crippen molar-refractivity contribution in [2.24, 2.45) is 0 Å². The first kappa shape index (κ1) is 16.2. The molecule has 0 fully saturated rings. The molecule has 3 aromatic rings. The van der Waals surface area contributed by atoms with Crippen LogP contribution in [-0.2, 0) is 6.54 Å². The number of furan rings is 1. The number of methoxy groups -OCH3 is 1. The van der Waals surface area contributed by atoms with Gasteiger partial charge in [0.2, 0.25) is 0 Å². The largest absolute Gasteiger partial charge is 0.497 e. The predicted molar refractivity (Wildman–Crippen MR) is 91.6 cm³/mol. The summed E-state index contributed by atoms with van der Waals surface area (Å²) in [5.41, 5.74) is 2.64. The number of aromatic nitrogens is 2. The number of ether oxygens (including phenoxy) is 1. The molecule has 0 spiro atoms. The molecular weight excluding hydrogens is 374 g/mol. The van der Waals surface area contributed by atoms with E-state index in [4.69, 9.17) is 9.15 Å². The molecule has 0 unspecified atom stereocenters. The van der Waals surface area contributed by atoms with Crippen LogP contribution in [0.4, 0.5) is 0 Å². The molecule has 3 rings (SSSR count). The summed E-state index contributed by atoms with van der Waals surface area (Å²) < 4.78 is 10.9. The van der Waals surface area contributed by atoms with Gasteiger partial charge in [0.05, 0.1) is 43.1 Å². The fraction of sp³-hybridized carbons (Fsp3) is 0.118. The molecule has 0 radical (unpaired) electrons. The van der Waals surface area contributed by atoms with Crippen molar-refractivity contribution < 1.29 is 13.9 Å². The van der Waals surface area contributed by atoms with Crippen LogP contribution in [0.15, 0.2) is 58.1 Å². The molecule has 0 aliphatic carbocycles. The van der Waals surface area contributed by atoms with E-state index in [1.165, 1.54) is 0 Å². The number of nitrogens with zero attached hydrogens (tertiary/aromatic N) is 2. The molecular formula is C17H14BrN3O3. The van der Waals surface area contributed by atoms with Crippen LogP contribution in [0.1, 0.15) is 16.1 Å². The molecule has 6 nitrogen and oxygen atoms in total. The van der Waals surface area contributed by atoms with Crippen LogP contribution in [0.5, 0.6) is 5.75 Å². The van der Waals surface area contributed by atoms with E-state index in [0.717, 1.165) is 5.56 Å². The van der Waals surface area contributed by atoms with Gasteiger partial charge in [-0.15, -0.1) is 0 Å². The monoisotopic (exact) mass is 387 g/mol. The normalized spacial score (nSPS) is 10.4. The fourth-order valence-electron chi connectivity index (χ4n) is 2.20. The van der Waals surface area contributed by atoms with Gasteiger partial charge in [0, 0.05) is 22.4 Å². The third-order valence-corrected chi connectivity index (χ3v) is 4.09. The summed E-state index contributed by atoms with van der Waals surface area (Å²) in [6.07, 6.45) is 6.35. The summed E-state index contributed by atoms with van der Waals surface area (Å²) >= 11 is 3.38. The maximum Gasteiger partial charge on any atom is 0.252 e. The van der Waals surface area contributed by atoms with Gasteiger partial charge in [-0.25, -0.2) is 0 Å². The first-order valence-electron chi connectivity index (χ1n) is 7.13. The Bertz CT molecular complexity index is 850. The lowest BCUT2D eigenvalue weighted by Crippen LogP contribution is -2.24. The summed E-state index contributed by atoms with van der Waals surface area (Å²) in [5.74, 6) is 0.381. The van der Waals surface area contributed by atoms with E-state index in [0.29, 0.717) is 27.2 Å². The number of carbonyl (C=O) groups excluding carboxylic acids is 1. The summed E-state index contributed by atoms with van der Waals surface area (Å²) in [6, 6.07) is 7.02. The van der Waals surface area contributed by atoms with Gasteiger partial charge in [0.25, 0.3) is 5.91 Å². The van der Waals surface area contributed by atoms with Gasteiger partial charge in [-0.05, 0) is 40.2 Å². The van der Waals surface area contributed by atoms with Crippen molar-refractivity contribution in [3.8, 4) is 17.0 Å². The lowest BCUT2D eigenvalue weighted by atomic mass is 10.1. The first-order chi connectivity index (χ1) is 11.7. The van der Waals surface area contributed by atoms with Crippen molar-refractivity contribution >= 4 is 21.8 Å². The highest BCUT2D eigenvalue weighted by Gasteiger charge is 2.14. The van der Waals surface area contributed by atoms with Crippen LogP contribution in [0.3, 0.4) is 0 Å². The second-order valence-corrected chi connectivity index (χ2v) is 5.75. The molecule has 2 aromatic heterocycles. The van der Waals surface area contributed by atoms with Crippen molar-refractivity contribution in [3.05, 3.63) is 64.9 Å². The molecule has 1 amide bonds. The molecule has 1 aromatic carbocycles. The molecule has 0 saturated carbocycles. The fourth-order valence-corrected chi connectivity index (χ4v) is 2.63. The number of halogens is 1. The van der Waals surface area contributed by atoms with Crippen LogP contribution in [0, 0.1) is 0 Å². The van der Waals surface area contributed by atoms with Crippen molar-refractivity contribution in [3.63, 3.8) is 0 Å². The Kier molecular flexibility index (Phi) is 4.90. The summed E-state index contributed by atoms with van der Waals surface area (Å²) in [5, 5.41) is 2.85. The van der Waals surface area contributed by atoms with E-state index >= 15 is 0 Å². The minimum Gasteiger partial charge on any atom is -0.497 e. The Hall–Kier alpha value is -2.67. The lowest BCUT2D eigenvalue weighted by molar-refractivity contribution is 0.0949. The Balaban J connectivity index is 1.78. The highest BCUT2D eigenvalue weighted by Crippen LogP contribution is 2.23. The first-order valence-corrected chi connectivity index (χ1v) is 7.92. The third-order valence-electron chi connectivity index (χ3n) is 3.40. The van der Waals surface area contributed by atoms with E-state index in [-0.39, 0.29) is 12.5 Å². The van der Waals surface area contributed by atoms with E-state index in [2.05, 4.69) is 31.2 Å². The van der Waals surface area contributed by atoms with Gasteiger partial charge in [-0.1, -0.05) is 0 Å². The molecule has 0 aliphatic rings. The Morgan fingerprint density at radius 1 is 1.29 bits per heavy atom. The Labute approximate surface area is 147 Å². The zero-order valence-corrected chi connectivity index (χ0v) is 14.4. The summed E-state index contributed by atoms with van der Waals surface area (Å²) in [7, 11) is 1.56. The highest BCUT2D eigenvalue weighted by atomic mass is 79.9. The van der Waals surface area contributed by atoms with Crippen LogP contribution < -0.4 is 10.1 Å². The molecule has 1 N–H and O–H groups in total. The minimum atomic E-state index is -0.232. The Morgan fingerprint density at radius 3 is 2.88 bits per heavy atom. The van der Waals surface area contributed by atoms with E-state index in [1.807, 2.05) is 0 Å².